The van der Waals surface area contributed by atoms with E-state index in [2.05, 4.69) is 0 Å². The molecule has 0 bridgehead atoms. The maximum atomic E-state index is 13.1. The van der Waals surface area contributed by atoms with Crippen LogP contribution in [0.2, 0.25) is 0 Å². The number of rotatable bonds is 6. The normalized spacial score (nSPS) is 21.1. The largest absolute Gasteiger partial charge is 0.366 e. The number of carbonyl (C=O) groups excluding carboxylic acids is 3. The number of nitrogens with two attached hydrogens (primary N) is 3. The second kappa shape index (κ2) is 10.3. The second-order valence-electron chi connectivity index (χ2n) is 10.5. The van der Waals surface area contributed by atoms with Crippen LogP contribution < -0.4 is 17.2 Å². The lowest BCUT2D eigenvalue weighted by molar-refractivity contribution is 0.0995. The van der Waals surface area contributed by atoms with Crippen molar-refractivity contribution in [3.05, 3.63) is 33.4 Å². The second-order valence-corrected chi connectivity index (χ2v) is 10.5. The van der Waals surface area contributed by atoms with Crippen molar-refractivity contribution in [2.75, 3.05) is 0 Å². The van der Waals surface area contributed by atoms with E-state index in [9.17, 15) is 14.4 Å². The van der Waals surface area contributed by atoms with Crippen molar-refractivity contribution in [2.45, 2.75) is 114 Å². The van der Waals surface area contributed by atoms with Gasteiger partial charge in [0.25, 0.3) is 0 Å². The van der Waals surface area contributed by atoms with Crippen molar-refractivity contribution in [1.82, 2.24) is 0 Å². The van der Waals surface area contributed by atoms with Crippen LogP contribution in [0.25, 0.3) is 0 Å². The van der Waals surface area contributed by atoms with Gasteiger partial charge in [0.1, 0.15) is 0 Å². The number of hydrogen-bond donors (Lipinski definition) is 3. The minimum Gasteiger partial charge on any atom is -0.366 e. The molecule has 4 rings (SSSR count). The quantitative estimate of drug-likeness (QED) is 0.552. The third-order valence-corrected chi connectivity index (χ3v) is 8.40. The molecule has 3 aliphatic carbocycles. The Balaban J connectivity index is 2.10. The summed E-state index contributed by atoms with van der Waals surface area (Å²) in [4.78, 5) is 39.2. The first-order valence-corrected chi connectivity index (χ1v) is 13.0. The van der Waals surface area contributed by atoms with Gasteiger partial charge < -0.3 is 17.2 Å². The van der Waals surface area contributed by atoms with Gasteiger partial charge >= 0.3 is 0 Å². The molecule has 0 aliphatic heterocycles. The van der Waals surface area contributed by atoms with Crippen LogP contribution in [-0.2, 0) is 0 Å². The van der Waals surface area contributed by atoms with Gasteiger partial charge in [0.2, 0.25) is 17.7 Å². The molecule has 3 fully saturated rings. The van der Waals surface area contributed by atoms with Gasteiger partial charge in [0.05, 0.1) is 0 Å². The number of primary amides is 3. The van der Waals surface area contributed by atoms with Crippen molar-refractivity contribution in [2.24, 2.45) is 17.2 Å². The topological polar surface area (TPSA) is 129 Å². The summed E-state index contributed by atoms with van der Waals surface area (Å²) < 4.78 is 0. The molecule has 1 aromatic rings. The van der Waals surface area contributed by atoms with Gasteiger partial charge in [-0.25, -0.2) is 0 Å². The highest BCUT2D eigenvalue weighted by atomic mass is 16.2. The molecule has 0 saturated heterocycles. The molecule has 6 nitrogen and oxygen atoms in total. The van der Waals surface area contributed by atoms with Gasteiger partial charge in [-0.05, 0) is 73.0 Å². The van der Waals surface area contributed by atoms with E-state index >= 15 is 0 Å². The zero-order chi connectivity index (χ0) is 23.5. The smallest absolute Gasteiger partial charge is 0.249 e. The van der Waals surface area contributed by atoms with Crippen LogP contribution >= 0.6 is 0 Å². The summed E-state index contributed by atoms with van der Waals surface area (Å²) in [5.74, 6) is -1.48. The van der Waals surface area contributed by atoms with Gasteiger partial charge in [0, 0.05) is 16.7 Å². The Morgan fingerprint density at radius 3 is 0.818 bits per heavy atom. The molecule has 0 unspecified atom stereocenters. The van der Waals surface area contributed by atoms with Crippen molar-refractivity contribution in [3.63, 3.8) is 0 Å². The van der Waals surface area contributed by atoms with E-state index in [1.54, 1.807) is 0 Å². The summed E-state index contributed by atoms with van der Waals surface area (Å²) in [5, 5.41) is 0. The molecule has 3 saturated carbocycles. The molecule has 33 heavy (non-hydrogen) atoms. The number of hydrogen-bond acceptors (Lipinski definition) is 3. The maximum absolute atomic E-state index is 13.1. The standard InChI is InChI=1S/C27H39N3O3/c28-25(31)22-19(16-10-4-1-5-11-16)23(26(29)32)21(18-14-8-3-9-15-18)24(27(30)33)20(22)17-12-6-2-7-13-17/h16-18H,1-15H2,(H2,28,31)(H2,29,32)(H2,30,33). The molecule has 1 aromatic carbocycles. The SMILES string of the molecule is NC(=O)c1c(C2CCCCC2)c(C(N)=O)c(C2CCCCC2)c(C(N)=O)c1C1CCCCC1. The minimum absolute atomic E-state index is 0.0651. The summed E-state index contributed by atoms with van der Waals surface area (Å²) in [6.07, 6.45) is 15.2. The zero-order valence-electron chi connectivity index (χ0n) is 19.8. The monoisotopic (exact) mass is 453 g/mol. The molecular weight excluding hydrogens is 414 g/mol. The minimum atomic E-state index is -0.559. The molecule has 0 atom stereocenters. The fraction of sp³-hybridized carbons (Fsp3) is 0.667. The average Bonchev–Trinajstić information content (AvgIpc) is 2.83. The highest BCUT2D eigenvalue weighted by Crippen LogP contribution is 2.48. The summed E-state index contributed by atoms with van der Waals surface area (Å²) >= 11 is 0. The highest BCUT2D eigenvalue weighted by molar-refractivity contribution is 6.09. The molecule has 0 heterocycles. The third kappa shape index (κ3) is 4.67. The van der Waals surface area contributed by atoms with E-state index in [-0.39, 0.29) is 17.8 Å². The van der Waals surface area contributed by atoms with Crippen LogP contribution in [0, 0.1) is 0 Å². The predicted octanol–water partition coefficient (Wildman–Crippen LogP) is 5.13. The van der Waals surface area contributed by atoms with Crippen LogP contribution in [0.4, 0.5) is 0 Å². The number of carbonyl (C=O) groups is 3. The van der Waals surface area contributed by atoms with Crippen molar-refractivity contribution < 1.29 is 14.4 Å². The molecule has 0 spiro atoms. The lowest BCUT2D eigenvalue weighted by Gasteiger charge is -2.35. The molecule has 3 amide bonds. The van der Waals surface area contributed by atoms with E-state index < -0.39 is 17.7 Å². The van der Waals surface area contributed by atoms with Gasteiger partial charge in [0.15, 0.2) is 0 Å². The first kappa shape index (κ1) is 23.8. The van der Waals surface area contributed by atoms with E-state index in [0.717, 1.165) is 113 Å². The van der Waals surface area contributed by atoms with Crippen LogP contribution in [0.5, 0.6) is 0 Å². The van der Waals surface area contributed by atoms with Crippen LogP contribution in [0.15, 0.2) is 0 Å². The van der Waals surface area contributed by atoms with E-state index in [0.29, 0.717) is 16.7 Å². The van der Waals surface area contributed by atoms with Gasteiger partial charge in [-0.3, -0.25) is 14.4 Å². The molecule has 6 N–H and O–H groups in total. The first-order valence-electron chi connectivity index (χ1n) is 13.0. The fourth-order valence-corrected chi connectivity index (χ4v) is 7.01. The summed E-state index contributed by atoms with van der Waals surface area (Å²) in [6.45, 7) is 0. The van der Waals surface area contributed by atoms with E-state index in [1.807, 2.05) is 0 Å². The van der Waals surface area contributed by atoms with Crippen LogP contribution in [0.1, 0.15) is 162 Å². The average molecular weight is 454 g/mol. The summed E-state index contributed by atoms with van der Waals surface area (Å²) in [5.41, 5.74) is 21.5. The Morgan fingerprint density at radius 2 is 0.636 bits per heavy atom. The van der Waals surface area contributed by atoms with Gasteiger partial charge in [-0.15, -0.1) is 0 Å². The molecular formula is C27H39N3O3. The van der Waals surface area contributed by atoms with Crippen molar-refractivity contribution >= 4 is 17.7 Å². The molecule has 180 valence electrons. The lowest BCUT2D eigenvalue weighted by atomic mass is 9.68. The fourth-order valence-electron chi connectivity index (χ4n) is 7.01. The Morgan fingerprint density at radius 1 is 0.424 bits per heavy atom. The predicted molar refractivity (Wildman–Crippen MR) is 129 cm³/mol. The Labute approximate surface area is 197 Å². The molecule has 6 heteroatoms. The number of amides is 3. The van der Waals surface area contributed by atoms with Gasteiger partial charge in [-0.1, -0.05) is 57.8 Å². The van der Waals surface area contributed by atoms with Crippen LogP contribution in [0.3, 0.4) is 0 Å². The zero-order valence-corrected chi connectivity index (χ0v) is 19.8. The van der Waals surface area contributed by atoms with Crippen LogP contribution in [-0.4, -0.2) is 17.7 Å². The molecule has 0 aromatic heterocycles. The molecule has 0 radical (unpaired) electrons. The first-order chi connectivity index (χ1) is 15.9. The summed E-state index contributed by atoms with van der Waals surface area (Å²) in [7, 11) is 0. The lowest BCUT2D eigenvalue weighted by Crippen LogP contribution is -2.33. The molecule has 3 aliphatic rings. The highest BCUT2D eigenvalue weighted by Gasteiger charge is 2.39. The third-order valence-electron chi connectivity index (χ3n) is 8.40. The Bertz CT molecular complexity index is 781. The van der Waals surface area contributed by atoms with E-state index in [1.165, 1.54) is 0 Å². The Hall–Kier alpha value is -2.37. The van der Waals surface area contributed by atoms with Gasteiger partial charge in [-0.2, -0.15) is 0 Å². The number of benzene rings is 1. The Kier molecular flexibility index (Phi) is 7.40. The summed E-state index contributed by atoms with van der Waals surface area (Å²) in [6, 6.07) is 0. The van der Waals surface area contributed by atoms with Crippen molar-refractivity contribution in [1.29, 1.82) is 0 Å². The maximum Gasteiger partial charge on any atom is 0.249 e. The van der Waals surface area contributed by atoms with E-state index in [4.69, 9.17) is 17.2 Å². The van der Waals surface area contributed by atoms with Crippen molar-refractivity contribution in [3.8, 4) is 0 Å².